The molecule has 0 spiro atoms. The SMILES string of the molecule is C1O[I-]C2COC1C2. The molecule has 0 amide bonds. The first kappa shape index (κ1) is 5.44. The summed E-state index contributed by atoms with van der Waals surface area (Å²) in [5.41, 5.74) is 0. The Hall–Kier alpha value is 0.650. The van der Waals surface area contributed by atoms with E-state index in [4.69, 9.17) is 7.80 Å². The minimum absolute atomic E-state index is 0.0654. The molecule has 2 bridgehead atoms. The van der Waals surface area contributed by atoms with Gasteiger partial charge in [0.05, 0.1) is 0 Å². The Morgan fingerprint density at radius 3 is 3.12 bits per heavy atom. The molecule has 48 valence electrons. The molecule has 0 aromatic heterocycles. The second-order valence-electron chi connectivity index (χ2n) is 2.15. The van der Waals surface area contributed by atoms with E-state index in [2.05, 4.69) is 0 Å². The van der Waals surface area contributed by atoms with Gasteiger partial charge in [0.2, 0.25) is 0 Å². The molecular weight excluding hydrogens is 219 g/mol. The van der Waals surface area contributed by atoms with Crippen LogP contribution in [0.25, 0.3) is 0 Å². The predicted molar refractivity (Wildman–Crippen MR) is 24.1 cm³/mol. The van der Waals surface area contributed by atoms with Gasteiger partial charge in [-0.15, -0.1) is 0 Å². The van der Waals surface area contributed by atoms with Gasteiger partial charge in [-0.05, 0) is 0 Å². The molecule has 0 aliphatic carbocycles. The van der Waals surface area contributed by atoms with Gasteiger partial charge in [0, 0.05) is 0 Å². The zero-order chi connectivity index (χ0) is 5.40. The third-order valence-electron chi connectivity index (χ3n) is 1.47. The van der Waals surface area contributed by atoms with E-state index in [0.29, 0.717) is 6.10 Å². The Morgan fingerprint density at radius 1 is 1.38 bits per heavy atom. The van der Waals surface area contributed by atoms with E-state index in [9.17, 15) is 0 Å². The van der Waals surface area contributed by atoms with Crippen LogP contribution in [0.3, 0.4) is 0 Å². The number of fused-ring (bicyclic) bond motifs is 2. The summed E-state index contributed by atoms with van der Waals surface area (Å²) in [5.74, 6) is 0. The summed E-state index contributed by atoms with van der Waals surface area (Å²) in [6.07, 6.45) is 1.75. The summed E-state index contributed by atoms with van der Waals surface area (Å²) in [5, 5.41) is 0. The molecule has 2 saturated heterocycles. The fourth-order valence-corrected chi connectivity index (χ4v) is 3.28. The van der Waals surface area contributed by atoms with E-state index < -0.39 is 0 Å². The second-order valence-corrected chi connectivity index (χ2v) is 5.05. The van der Waals surface area contributed by atoms with Gasteiger partial charge in [0.25, 0.3) is 0 Å². The maximum absolute atomic E-state index is 5.38. The van der Waals surface area contributed by atoms with E-state index in [1.807, 2.05) is 0 Å². The normalized spacial score (nSPS) is 46.0. The molecular formula is C5H8IO2-. The molecule has 2 unspecified atom stereocenters. The molecule has 3 heteroatoms. The molecule has 8 heavy (non-hydrogen) atoms. The van der Waals surface area contributed by atoms with Crippen LogP contribution < -0.4 is 21.6 Å². The van der Waals surface area contributed by atoms with Gasteiger partial charge in [-0.3, -0.25) is 0 Å². The Kier molecular flexibility index (Phi) is 1.44. The van der Waals surface area contributed by atoms with Crippen LogP contribution in [0.1, 0.15) is 6.42 Å². The number of ether oxygens (including phenoxy) is 1. The van der Waals surface area contributed by atoms with Gasteiger partial charge in [-0.2, -0.15) is 0 Å². The first-order chi connectivity index (χ1) is 3.95. The van der Waals surface area contributed by atoms with Crippen molar-refractivity contribution in [2.45, 2.75) is 16.4 Å². The van der Waals surface area contributed by atoms with Crippen molar-refractivity contribution in [2.75, 3.05) is 13.2 Å². The van der Waals surface area contributed by atoms with E-state index in [1.165, 1.54) is 6.42 Å². The average Bonchev–Trinajstić information content (AvgIpc) is 2.12. The van der Waals surface area contributed by atoms with Crippen LogP contribution >= 0.6 is 0 Å². The molecule has 2 aliphatic rings. The Labute approximate surface area is 59.4 Å². The van der Waals surface area contributed by atoms with Gasteiger partial charge >= 0.3 is 59.1 Å². The summed E-state index contributed by atoms with van der Waals surface area (Å²) in [6, 6.07) is 0. The Morgan fingerprint density at radius 2 is 2.38 bits per heavy atom. The molecule has 2 nitrogen and oxygen atoms in total. The number of hydrogen-bond acceptors (Lipinski definition) is 2. The first-order valence-corrected chi connectivity index (χ1v) is 4.94. The minimum atomic E-state index is 0.0654. The van der Waals surface area contributed by atoms with E-state index in [-0.39, 0.29) is 21.6 Å². The number of hydrogen-bond donors (Lipinski definition) is 0. The third kappa shape index (κ3) is 0.867. The molecule has 2 rings (SSSR count). The zero-order valence-electron chi connectivity index (χ0n) is 4.47. The topological polar surface area (TPSA) is 18.5 Å². The summed E-state index contributed by atoms with van der Waals surface area (Å²) in [4.78, 5) is 0. The Balaban J connectivity index is 2.03. The number of rotatable bonds is 0. The molecule has 2 atom stereocenters. The van der Waals surface area contributed by atoms with Gasteiger partial charge in [-0.1, -0.05) is 0 Å². The van der Waals surface area contributed by atoms with Crippen molar-refractivity contribution < 1.29 is 29.4 Å². The molecule has 0 N–H and O–H groups in total. The van der Waals surface area contributed by atoms with Gasteiger partial charge in [0.1, 0.15) is 0 Å². The van der Waals surface area contributed by atoms with Gasteiger partial charge < -0.3 is 0 Å². The molecule has 2 heterocycles. The fraction of sp³-hybridized carbons (Fsp3) is 1.00. The molecule has 2 fully saturated rings. The average molecular weight is 227 g/mol. The summed E-state index contributed by atoms with van der Waals surface area (Å²) in [7, 11) is 0. The summed E-state index contributed by atoms with van der Waals surface area (Å²) >= 11 is 0.0654. The molecule has 0 aromatic rings. The monoisotopic (exact) mass is 227 g/mol. The van der Waals surface area contributed by atoms with Crippen LogP contribution in [0.5, 0.6) is 0 Å². The quantitative estimate of drug-likeness (QED) is 0.328. The molecule has 0 saturated carbocycles. The van der Waals surface area contributed by atoms with Crippen molar-refractivity contribution in [2.24, 2.45) is 0 Å². The molecule has 0 aromatic carbocycles. The zero-order valence-corrected chi connectivity index (χ0v) is 6.63. The van der Waals surface area contributed by atoms with Gasteiger partial charge in [-0.25, -0.2) is 0 Å². The second kappa shape index (κ2) is 2.11. The summed E-state index contributed by atoms with van der Waals surface area (Å²) in [6.45, 7) is 1.86. The molecule has 0 radical (unpaired) electrons. The van der Waals surface area contributed by atoms with Crippen molar-refractivity contribution in [1.82, 2.24) is 0 Å². The van der Waals surface area contributed by atoms with E-state index in [0.717, 1.165) is 17.1 Å². The van der Waals surface area contributed by atoms with Crippen LogP contribution in [0.15, 0.2) is 0 Å². The van der Waals surface area contributed by atoms with Crippen molar-refractivity contribution >= 4 is 0 Å². The van der Waals surface area contributed by atoms with Crippen LogP contribution in [0.4, 0.5) is 0 Å². The van der Waals surface area contributed by atoms with E-state index >= 15 is 0 Å². The first-order valence-electron chi connectivity index (χ1n) is 2.82. The van der Waals surface area contributed by atoms with Gasteiger partial charge in [0.15, 0.2) is 0 Å². The van der Waals surface area contributed by atoms with Crippen molar-refractivity contribution in [3.63, 3.8) is 0 Å². The van der Waals surface area contributed by atoms with Crippen LogP contribution in [-0.4, -0.2) is 23.2 Å². The van der Waals surface area contributed by atoms with E-state index in [1.54, 1.807) is 0 Å². The van der Waals surface area contributed by atoms with Crippen LogP contribution in [0.2, 0.25) is 0 Å². The Bertz CT molecular complexity index is 82.4. The molecule has 2 aliphatic heterocycles. The van der Waals surface area contributed by atoms with Crippen LogP contribution in [-0.2, 0) is 7.80 Å². The summed E-state index contributed by atoms with van der Waals surface area (Å²) < 4.78 is 11.5. The van der Waals surface area contributed by atoms with Crippen molar-refractivity contribution in [1.29, 1.82) is 0 Å². The third-order valence-corrected chi connectivity index (χ3v) is 3.78. The maximum atomic E-state index is 5.38. The number of halogens is 1. The number of alkyl halides is 1. The predicted octanol–water partition coefficient (Wildman–Crippen LogP) is -2.82. The van der Waals surface area contributed by atoms with Crippen molar-refractivity contribution in [3.05, 3.63) is 0 Å². The fourth-order valence-electron chi connectivity index (χ4n) is 1.04. The van der Waals surface area contributed by atoms with Crippen LogP contribution in [0, 0.1) is 0 Å². The van der Waals surface area contributed by atoms with Crippen molar-refractivity contribution in [3.8, 4) is 0 Å². The standard InChI is InChI=1S/C5H8IO2/c1-4-2-7-5(1)3-8-6-4/h4-5H,1-3H2/q-1.